The third-order valence-corrected chi connectivity index (χ3v) is 3.18. The topological polar surface area (TPSA) is 28.5 Å². The largest absolute Gasteiger partial charge is 0.269 e. The molecule has 3 aromatic rings. The minimum atomic E-state index is 0.985. The third-order valence-electron chi connectivity index (χ3n) is 3.18. The second kappa shape index (κ2) is 5.53. The fourth-order valence-corrected chi connectivity index (χ4v) is 2.09. The van der Waals surface area contributed by atoms with Crippen LogP contribution in [0.2, 0.25) is 0 Å². The van der Waals surface area contributed by atoms with Crippen LogP contribution in [0.25, 0.3) is 10.9 Å². The summed E-state index contributed by atoms with van der Waals surface area (Å²) in [5.74, 6) is 0. The molecule has 0 atom stereocenters. The van der Waals surface area contributed by atoms with Crippen molar-refractivity contribution in [3.05, 3.63) is 72.4 Å². The summed E-state index contributed by atoms with van der Waals surface area (Å²) in [5.41, 5.74) is 3.11. The Labute approximate surface area is 118 Å². The zero-order valence-electron chi connectivity index (χ0n) is 11.3. The number of rotatable bonds is 3. The third kappa shape index (κ3) is 2.52. The first-order valence-electron chi connectivity index (χ1n) is 6.51. The number of hydrazone groups is 1. The summed E-state index contributed by atoms with van der Waals surface area (Å²) in [6.07, 6.45) is 3.68. The predicted octanol–water partition coefficient (Wildman–Crippen LogP) is 3.71. The van der Waals surface area contributed by atoms with E-state index in [-0.39, 0.29) is 0 Å². The maximum absolute atomic E-state index is 4.50. The first kappa shape index (κ1) is 12.4. The van der Waals surface area contributed by atoms with Crippen LogP contribution in [0.3, 0.4) is 0 Å². The van der Waals surface area contributed by atoms with E-state index in [0.717, 1.165) is 22.2 Å². The summed E-state index contributed by atoms with van der Waals surface area (Å²) >= 11 is 0. The molecule has 0 radical (unpaired) electrons. The fraction of sp³-hybridized carbons (Fsp3) is 0.0588. The summed E-state index contributed by atoms with van der Waals surface area (Å²) in [6.45, 7) is 0. The van der Waals surface area contributed by atoms with Crippen LogP contribution in [0, 0.1) is 0 Å². The van der Waals surface area contributed by atoms with E-state index in [1.807, 2.05) is 79.1 Å². The van der Waals surface area contributed by atoms with E-state index < -0.39 is 0 Å². The fourth-order valence-electron chi connectivity index (χ4n) is 2.09. The molecular weight excluding hydrogens is 246 g/mol. The molecule has 3 rings (SSSR count). The Morgan fingerprint density at radius 1 is 0.950 bits per heavy atom. The van der Waals surface area contributed by atoms with Crippen LogP contribution in [0.4, 0.5) is 5.69 Å². The van der Waals surface area contributed by atoms with Crippen molar-refractivity contribution in [2.75, 3.05) is 12.1 Å². The molecule has 0 bridgehead atoms. The van der Waals surface area contributed by atoms with Crippen molar-refractivity contribution >= 4 is 22.8 Å². The van der Waals surface area contributed by atoms with Crippen molar-refractivity contribution in [3.63, 3.8) is 0 Å². The summed E-state index contributed by atoms with van der Waals surface area (Å²) in [4.78, 5) is 4.35. The maximum Gasteiger partial charge on any atom is 0.0708 e. The summed E-state index contributed by atoms with van der Waals surface area (Å²) in [6, 6.07) is 20.1. The van der Waals surface area contributed by atoms with Gasteiger partial charge in [0.15, 0.2) is 0 Å². The molecule has 98 valence electrons. The van der Waals surface area contributed by atoms with Gasteiger partial charge in [-0.1, -0.05) is 36.4 Å². The van der Waals surface area contributed by atoms with E-state index in [4.69, 9.17) is 0 Å². The van der Waals surface area contributed by atoms with Gasteiger partial charge in [0.25, 0.3) is 0 Å². The molecule has 20 heavy (non-hydrogen) atoms. The molecule has 2 aromatic carbocycles. The Bertz CT molecular complexity index is 730. The molecule has 0 spiro atoms. The van der Waals surface area contributed by atoms with Crippen molar-refractivity contribution < 1.29 is 0 Å². The standard InChI is InChI=1S/C17H15N3/c1-20(15-7-3-2-4-8-15)19-13-14-11-12-18-17-10-6-5-9-16(14)17/h2-13H,1H3/b19-13-. The van der Waals surface area contributed by atoms with E-state index in [0.29, 0.717) is 0 Å². The van der Waals surface area contributed by atoms with Crippen LogP contribution in [0.15, 0.2) is 72.0 Å². The Morgan fingerprint density at radius 3 is 2.55 bits per heavy atom. The lowest BCUT2D eigenvalue weighted by molar-refractivity contribution is 1.02. The van der Waals surface area contributed by atoms with Gasteiger partial charge in [0.2, 0.25) is 0 Å². The Kier molecular flexibility index (Phi) is 3.42. The second-order valence-electron chi connectivity index (χ2n) is 4.52. The molecule has 0 saturated carbocycles. The minimum Gasteiger partial charge on any atom is -0.269 e. The van der Waals surface area contributed by atoms with E-state index in [2.05, 4.69) is 16.2 Å². The number of nitrogens with zero attached hydrogens (tertiary/aromatic N) is 3. The lowest BCUT2D eigenvalue weighted by Crippen LogP contribution is -2.08. The zero-order chi connectivity index (χ0) is 13.8. The number of aromatic nitrogens is 1. The van der Waals surface area contributed by atoms with Gasteiger partial charge in [0.1, 0.15) is 0 Å². The molecule has 1 heterocycles. The van der Waals surface area contributed by atoms with Gasteiger partial charge in [-0.05, 0) is 24.3 Å². The Hall–Kier alpha value is -2.68. The molecule has 0 amide bonds. The monoisotopic (exact) mass is 261 g/mol. The average Bonchev–Trinajstić information content (AvgIpc) is 2.53. The summed E-state index contributed by atoms with van der Waals surface area (Å²) in [5, 5.41) is 7.46. The number of fused-ring (bicyclic) bond motifs is 1. The molecule has 3 nitrogen and oxygen atoms in total. The van der Waals surface area contributed by atoms with Gasteiger partial charge in [-0.25, -0.2) is 0 Å². The highest BCUT2D eigenvalue weighted by atomic mass is 15.4. The molecule has 0 aliphatic heterocycles. The number of para-hydroxylation sites is 2. The minimum absolute atomic E-state index is 0.985. The number of pyridine rings is 1. The van der Waals surface area contributed by atoms with Crippen LogP contribution in [-0.2, 0) is 0 Å². The van der Waals surface area contributed by atoms with Gasteiger partial charge in [0, 0.05) is 24.2 Å². The highest BCUT2D eigenvalue weighted by molar-refractivity contribution is 5.98. The van der Waals surface area contributed by atoms with Crippen LogP contribution >= 0.6 is 0 Å². The number of hydrogen-bond acceptors (Lipinski definition) is 3. The van der Waals surface area contributed by atoms with Crippen LogP contribution in [-0.4, -0.2) is 18.2 Å². The average molecular weight is 261 g/mol. The zero-order valence-corrected chi connectivity index (χ0v) is 11.3. The molecular formula is C17H15N3. The van der Waals surface area contributed by atoms with Gasteiger partial charge >= 0.3 is 0 Å². The van der Waals surface area contributed by atoms with Gasteiger partial charge < -0.3 is 0 Å². The first-order chi connectivity index (χ1) is 9.84. The van der Waals surface area contributed by atoms with Crippen LogP contribution < -0.4 is 5.01 Å². The van der Waals surface area contributed by atoms with Crippen molar-refractivity contribution in [2.24, 2.45) is 5.10 Å². The predicted molar refractivity (Wildman–Crippen MR) is 84.2 cm³/mol. The SMILES string of the molecule is CN(/N=C\c1ccnc2ccccc12)c1ccccc1. The van der Waals surface area contributed by atoms with Gasteiger partial charge in [-0.15, -0.1) is 0 Å². The number of hydrogen-bond donors (Lipinski definition) is 0. The van der Waals surface area contributed by atoms with E-state index in [9.17, 15) is 0 Å². The van der Waals surface area contributed by atoms with Crippen LogP contribution in [0.5, 0.6) is 0 Å². The smallest absolute Gasteiger partial charge is 0.0708 e. The Morgan fingerprint density at radius 2 is 1.70 bits per heavy atom. The van der Waals surface area contributed by atoms with E-state index >= 15 is 0 Å². The molecule has 0 aliphatic carbocycles. The molecule has 3 heteroatoms. The summed E-state index contributed by atoms with van der Waals surface area (Å²) in [7, 11) is 1.94. The number of benzene rings is 2. The summed E-state index contributed by atoms with van der Waals surface area (Å²) < 4.78 is 0. The van der Waals surface area contributed by atoms with Crippen molar-refractivity contribution in [2.45, 2.75) is 0 Å². The molecule has 0 fully saturated rings. The quantitative estimate of drug-likeness (QED) is 0.531. The molecule has 1 aromatic heterocycles. The van der Waals surface area contributed by atoms with E-state index in [1.165, 1.54) is 0 Å². The highest BCUT2D eigenvalue weighted by Gasteiger charge is 2.00. The number of anilines is 1. The van der Waals surface area contributed by atoms with Gasteiger partial charge in [-0.2, -0.15) is 5.10 Å². The normalized spacial score (nSPS) is 11.1. The van der Waals surface area contributed by atoms with Gasteiger partial charge in [0.05, 0.1) is 17.4 Å². The molecule has 0 aliphatic rings. The lowest BCUT2D eigenvalue weighted by Gasteiger charge is -2.12. The van der Waals surface area contributed by atoms with Crippen molar-refractivity contribution in [1.82, 2.24) is 4.98 Å². The highest BCUT2D eigenvalue weighted by Crippen LogP contribution is 2.15. The van der Waals surface area contributed by atoms with E-state index in [1.54, 1.807) is 0 Å². The van der Waals surface area contributed by atoms with Crippen LogP contribution in [0.1, 0.15) is 5.56 Å². The maximum atomic E-state index is 4.50. The van der Waals surface area contributed by atoms with Gasteiger partial charge in [-0.3, -0.25) is 9.99 Å². The molecule has 0 N–H and O–H groups in total. The lowest BCUT2D eigenvalue weighted by atomic mass is 10.1. The molecule has 0 unspecified atom stereocenters. The molecule has 0 saturated heterocycles. The first-order valence-corrected chi connectivity index (χ1v) is 6.51. The van der Waals surface area contributed by atoms with Crippen molar-refractivity contribution in [3.8, 4) is 0 Å². The second-order valence-corrected chi connectivity index (χ2v) is 4.52. The Balaban J connectivity index is 1.91. The van der Waals surface area contributed by atoms with Crippen molar-refractivity contribution in [1.29, 1.82) is 0 Å².